The van der Waals surface area contributed by atoms with Crippen LogP contribution in [0.25, 0.3) is 0 Å². The number of carbonyl (C=O) groups is 1. The van der Waals surface area contributed by atoms with E-state index in [0.29, 0.717) is 23.9 Å². The lowest BCUT2D eigenvalue weighted by Crippen LogP contribution is -2.56. The molecule has 3 atom stereocenters. The third-order valence-corrected chi connectivity index (χ3v) is 8.96. The third-order valence-electron chi connectivity index (χ3n) is 8.70. The van der Waals surface area contributed by atoms with Gasteiger partial charge in [0, 0.05) is 24.0 Å². The zero-order valence-electron chi connectivity index (χ0n) is 23.1. The summed E-state index contributed by atoms with van der Waals surface area (Å²) in [5.74, 6) is -0.604. The maximum absolute atomic E-state index is 14.1. The van der Waals surface area contributed by atoms with Gasteiger partial charge in [0.1, 0.15) is 5.82 Å². The average molecular weight is 562 g/mol. The highest BCUT2D eigenvalue weighted by molar-refractivity contribution is 6.30. The van der Waals surface area contributed by atoms with E-state index >= 15 is 0 Å². The molecule has 5 rings (SSSR count). The van der Waals surface area contributed by atoms with Crippen LogP contribution in [-0.4, -0.2) is 52.9 Å². The lowest BCUT2D eigenvalue weighted by molar-refractivity contribution is -0.146. The van der Waals surface area contributed by atoms with Gasteiger partial charge in [0.25, 0.3) is 0 Å². The molecule has 1 fully saturated rings. The fourth-order valence-electron chi connectivity index (χ4n) is 6.97. The van der Waals surface area contributed by atoms with Gasteiger partial charge in [-0.2, -0.15) is 0 Å². The van der Waals surface area contributed by atoms with Crippen molar-refractivity contribution in [3.8, 4) is 0 Å². The topological polar surface area (TPSA) is 56.1 Å². The van der Waals surface area contributed by atoms with E-state index in [0.717, 1.165) is 42.4 Å². The number of nitrogens with zero attached hydrogens (tertiary/aromatic N) is 3. The molecule has 0 amide bonds. The molecule has 1 aliphatic carbocycles. The van der Waals surface area contributed by atoms with Crippen LogP contribution in [0.2, 0.25) is 5.02 Å². The number of rotatable bonds is 9. The molecule has 40 heavy (non-hydrogen) atoms. The highest BCUT2D eigenvalue weighted by atomic mass is 35.5. The molecule has 0 saturated heterocycles. The van der Waals surface area contributed by atoms with E-state index in [2.05, 4.69) is 36.0 Å². The van der Waals surface area contributed by atoms with Gasteiger partial charge in [0.15, 0.2) is 5.54 Å². The zero-order chi connectivity index (χ0) is 28.3. The first-order valence-corrected chi connectivity index (χ1v) is 14.4. The number of benzene rings is 3. The van der Waals surface area contributed by atoms with Gasteiger partial charge in [-0.25, -0.2) is 9.18 Å². The largest absolute Gasteiger partial charge is 0.479 e. The van der Waals surface area contributed by atoms with Crippen molar-refractivity contribution in [2.45, 2.75) is 56.3 Å². The summed E-state index contributed by atoms with van der Waals surface area (Å²) >= 11 is 6.13. The van der Waals surface area contributed by atoms with E-state index in [4.69, 9.17) is 16.6 Å². The maximum atomic E-state index is 14.1. The monoisotopic (exact) mass is 561 g/mol. The zero-order valence-corrected chi connectivity index (χ0v) is 23.8. The lowest BCUT2D eigenvalue weighted by Gasteiger charge is -2.44. The van der Waals surface area contributed by atoms with Crippen LogP contribution >= 0.6 is 11.6 Å². The van der Waals surface area contributed by atoms with Crippen LogP contribution in [0.4, 0.5) is 4.39 Å². The molecule has 0 aromatic heterocycles. The first-order chi connectivity index (χ1) is 19.3. The van der Waals surface area contributed by atoms with E-state index in [9.17, 15) is 14.3 Å². The van der Waals surface area contributed by atoms with E-state index in [1.54, 1.807) is 30.6 Å². The van der Waals surface area contributed by atoms with E-state index in [1.807, 2.05) is 36.4 Å². The van der Waals surface area contributed by atoms with Gasteiger partial charge in [-0.15, -0.1) is 0 Å². The predicted molar refractivity (Wildman–Crippen MR) is 158 cm³/mol. The van der Waals surface area contributed by atoms with Gasteiger partial charge >= 0.3 is 5.97 Å². The first kappa shape index (κ1) is 28.3. The second kappa shape index (κ2) is 12.1. The molecule has 1 saturated carbocycles. The smallest absolute Gasteiger partial charge is 0.334 e. The van der Waals surface area contributed by atoms with Crippen LogP contribution in [0.5, 0.6) is 0 Å². The fourth-order valence-corrected chi connectivity index (χ4v) is 7.10. The molecule has 7 heteroatoms. The Morgan fingerprint density at radius 3 is 2.35 bits per heavy atom. The number of carboxylic acids is 1. The minimum Gasteiger partial charge on any atom is -0.479 e. The van der Waals surface area contributed by atoms with Crippen molar-refractivity contribution in [2.75, 3.05) is 14.1 Å². The van der Waals surface area contributed by atoms with E-state index < -0.39 is 11.5 Å². The Bertz CT molecular complexity index is 1330. The summed E-state index contributed by atoms with van der Waals surface area (Å²) in [6.07, 6.45) is 5.73. The molecule has 1 heterocycles. The highest BCUT2D eigenvalue weighted by Crippen LogP contribution is 2.45. The Kier molecular flexibility index (Phi) is 8.57. The van der Waals surface area contributed by atoms with Crippen molar-refractivity contribution < 1.29 is 14.3 Å². The summed E-state index contributed by atoms with van der Waals surface area (Å²) in [6.45, 7) is 0.605. The van der Waals surface area contributed by atoms with Crippen LogP contribution in [0.1, 0.15) is 48.4 Å². The van der Waals surface area contributed by atoms with Crippen molar-refractivity contribution in [1.82, 2.24) is 9.80 Å². The molecule has 210 valence electrons. The number of carboxylic acid groups (broad SMARTS) is 1. The molecule has 1 N–H and O–H groups in total. The summed E-state index contributed by atoms with van der Waals surface area (Å²) in [6, 6.07) is 24.3. The van der Waals surface area contributed by atoms with Crippen LogP contribution < -0.4 is 0 Å². The number of hydrogen-bond donors (Lipinski definition) is 1. The summed E-state index contributed by atoms with van der Waals surface area (Å²) < 4.78 is 14.1. The molecule has 3 aromatic carbocycles. The molecule has 1 aliphatic heterocycles. The number of hydrogen-bond acceptors (Lipinski definition) is 4. The van der Waals surface area contributed by atoms with Crippen LogP contribution in [-0.2, 0) is 17.8 Å². The summed E-state index contributed by atoms with van der Waals surface area (Å²) in [4.78, 5) is 22.2. The average Bonchev–Trinajstić information content (AvgIpc) is 3.29. The third kappa shape index (κ3) is 5.93. The summed E-state index contributed by atoms with van der Waals surface area (Å²) in [7, 11) is 4.10. The SMILES string of the molecule is CN(C)C(c1cccc(F)c1)C1CCC(C2N(Cc3ccccc3)C=NC2(Cc2ccc(Cl)cc2)C(=O)O)CC1. The van der Waals surface area contributed by atoms with Gasteiger partial charge in [-0.3, -0.25) is 4.99 Å². The second-order valence-electron chi connectivity index (χ2n) is 11.5. The van der Waals surface area contributed by atoms with Crippen molar-refractivity contribution in [3.05, 3.63) is 106 Å². The van der Waals surface area contributed by atoms with Gasteiger partial charge in [0.2, 0.25) is 0 Å². The standard InChI is InChI=1S/C33H37ClFN3O2/c1-37(2)30(27-9-6-10-29(35)19-27)25-13-15-26(16-14-25)31-33(32(39)40,20-23-11-17-28(34)18-12-23)36-22-38(31)21-24-7-4-3-5-8-24/h3-12,17-19,22,25-26,30-31H,13-16,20-21H2,1-2H3,(H,39,40). The molecule has 0 spiro atoms. The molecular weight excluding hydrogens is 525 g/mol. The minimum absolute atomic E-state index is 0.107. The van der Waals surface area contributed by atoms with Crippen molar-refractivity contribution in [1.29, 1.82) is 0 Å². The van der Waals surface area contributed by atoms with Crippen LogP contribution in [0, 0.1) is 17.7 Å². The van der Waals surface area contributed by atoms with E-state index in [1.165, 1.54) is 6.07 Å². The van der Waals surface area contributed by atoms with Gasteiger partial charge in [-0.05, 0) is 92.6 Å². The van der Waals surface area contributed by atoms with Crippen molar-refractivity contribution in [2.24, 2.45) is 16.8 Å². The Morgan fingerprint density at radius 1 is 1.02 bits per heavy atom. The Morgan fingerprint density at radius 2 is 1.73 bits per heavy atom. The fraction of sp³-hybridized carbons (Fsp3) is 0.394. The van der Waals surface area contributed by atoms with Gasteiger partial charge < -0.3 is 14.9 Å². The quantitative estimate of drug-likeness (QED) is 0.310. The Balaban J connectivity index is 1.42. The van der Waals surface area contributed by atoms with E-state index in [-0.39, 0.29) is 23.8 Å². The number of aliphatic imine (C=N–C) groups is 1. The molecule has 5 nitrogen and oxygen atoms in total. The Labute approximate surface area is 241 Å². The molecule has 3 unspecified atom stereocenters. The van der Waals surface area contributed by atoms with Gasteiger partial charge in [-0.1, -0.05) is 66.2 Å². The second-order valence-corrected chi connectivity index (χ2v) is 12.0. The first-order valence-electron chi connectivity index (χ1n) is 14.0. The summed E-state index contributed by atoms with van der Waals surface area (Å²) in [5.41, 5.74) is 1.73. The van der Waals surface area contributed by atoms with Crippen LogP contribution in [0.15, 0.2) is 83.9 Å². The molecule has 0 radical (unpaired) electrons. The normalized spacial score (nSPS) is 25.3. The minimum atomic E-state index is -1.29. The molecular formula is C33H37ClFN3O2. The number of aliphatic carboxylic acids is 1. The van der Waals surface area contributed by atoms with Gasteiger partial charge in [0.05, 0.1) is 12.4 Å². The molecule has 3 aromatic rings. The maximum Gasteiger partial charge on any atom is 0.334 e. The molecule has 0 bridgehead atoms. The van der Waals surface area contributed by atoms with Crippen molar-refractivity contribution in [3.63, 3.8) is 0 Å². The summed E-state index contributed by atoms with van der Waals surface area (Å²) in [5, 5.41) is 11.4. The number of halogens is 2. The lowest BCUT2D eigenvalue weighted by atomic mass is 9.68. The van der Waals surface area contributed by atoms with Crippen molar-refractivity contribution >= 4 is 23.9 Å². The predicted octanol–water partition coefficient (Wildman–Crippen LogP) is 6.87. The molecule has 2 aliphatic rings. The highest BCUT2D eigenvalue weighted by Gasteiger charge is 2.55. The van der Waals surface area contributed by atoms with Crippen LogP contribution in [0.3, 0.4) is 0 Å². The Hall–Kier alpha value is -3.22.